The Morgan fingerprint density at radius 2 is 1.78 bits per heavy atom. The van der Waals surface area contributed by atoms with Gasteiger partial charge in [0, 0.05) is 36.9 Å². The van der Waals surface area contributed by atoms with Crippen molar-refractivity contribution in [2.75, 3.05) is 13.6 Å². The van der Waals surface area contributed by atoms with Crippen molar-refractivity contribution in [3.63, 3.8) is 0 Å². The highest BCUT2D eigenvalue weighted by molar-refractivity contribution is 6.30. The van der Waals surface area contributed by atoms with E-state index in [-0.39, 0.29) is 0 Å². The van der Waals surface area contributed by atoms with Crippen LogP contribution < -0.4 is 10.6 Å². The van der Waals surface area contributed by atoms with Crippen molar-refractivity contribution in [2.45, 2.75) is 19.5 Å². The van der Waals surface area contributed by atoms with Crippen molar-refractivity contribution in [2.24, 2.45) is 4.99 Å². The molecule has 0 unspecified atom stereocenters. The first kappa shape index (κ1) is 19.0. The third-order valence-electron chi connectivity index (χ3n) is 4.18. The highest BCUT2D eigenvalue weighted by atomic mass is 35.5. The Kier molecular flexibility index (Phi) is 6.88. The van der Waals surface area contributed by atoms with E-state index in [1.165, 1.54) is 11.1 Å². The number of aromatic nitrogens is 2. The molecule has 140 valence electrons. The van der Waals surface area contributed by atoms with Gasteiger partial charge >= 0.3 is 0 Å². The average Bonchev–Trinajstić information content (AvgIpc) is 3.14. The van der Waals surface area contributed by atoms with Crippen LogP contribution in [-0.2, 0) is 19.5 Å². The molecule has 0 saturated carbocycles. The number of nitrogens with one attached hydrogen (secondary N) is 2. The Balaban J connectivity index is 1.43. The van der Waals surface area contributed by atoms with Crippen LogP contribution >= 0.6 is 11.6 Å². The summed E-state index contributed by atoms with van der Waals surface area (Å²) < 4.78 is 1.95. The summed E-state index contributed by atoms with van der Waals surface area (Å²) in [6, 6.07) is 18.2. The maximum Gasteiger partial charge on any atom is 0.191 e. The van der Waals surface area contributed by atoms with Crippen LogP contribution in [-0.4, -0.2) is 29.3 Å². The molecule has 6 heteroatoms. The lowest BCUT2D eigenvalue weighted by molar-refractivity contribution is 0.685. The maximum absolute atomic E-state index is 5.91. The third-order valence-corrected chi connectivity index (χ3v) is 4.43. The van der Waals surface area contributed by atoms with Gasteiger partial charge < -0.3 is 10.6 Å². The van der Waals surface area contributed by atoms with Crippen molar-refractivity contribution in [1.29, 1.82) is 0 Å². The summed E-state index contributed by atoms with van der Waals surface area (Å²) in [5.74, 6) is 0.778. The predicted molar refractivity (Wildman–Crippen MR) is 111 cm³/mol. The Labute approximate surface area is 165 Å². The van der Waals surface area contributed by atoms with Crippen LogP contribution in [0.2, 0.25) is 5.02 Å². The van der Waals surface area contributed by atoms with Gasteiger partial charge in [0.2, 0.25) is 0 Å². The summed E-state index contributed by atoms with van der Waals surface area (Å²) in [7, 11) is 1.77. The van der Waals surface area contributed by atoms with Gasteiger partial charge in [0.25, 0.3) is 0 Å². The average molecular weight is 382 g/mol. The van der Waals surface area contributed by atoms with Gasteiger partial charge in [0.1, 0.15) is 0 Å². The van der Waals surface area contributed by atoms with E-state index in [2.05, 4.69) is 39.1 Å². The van der Waals surface area contributed by atoms with Crippen LogP contribution in [0.15, 0.2) is 72.0 Å². The number of rotatable bonds is 7. The highest BCUT2D eigenvalue weighted by Crippen LogP contribution is 2.09. The fourth-order valence-corrected chi connectivity index (χ4v) is 2.86. The lowest BCUT2D eigenvalue weighted by atomic mass is 10.1. The van der Waals surface area contributed by atoms with Gasteiger partial charge in [-0.05, 0) is 29.7 Å². The number of hydrogen-bond donors (Lipinski definition) is 2. The number of halogens is 1. The lowest BCUT2D eigenvalue weighted by Gasteiger charge is -2.11. The summed E-state index contributed by atoms with van der Waals surface area (Å²) in [5, 5.41) is 11.8. The van der Waals surface area contributed by atoms with Crippen LogP contribution in [0.25, 0.3) is 0 Å². The molecule has 3 aromatic rings. The molecule has 0 atom stereocenters. The maximum atomic E-state index is 5.91. The molecule has 0 radical (unpaired) electrons. The molecule has 0 aliphatic heterocycles. The van der Waals surface area contributed by atoms with Crippen molar-refractivity contribution in [1.82, 2.24) is 20.4 Å². The molecule has 0 aliphatic carbocycles. The molecule has 5 nitrogen and oxygen atoms in total. The minimum absolute atomic E-state index is 0.676. The minimum atomic E-state index is 0.676. The first-order valence-electron chi connectivity index (χ1n) is 8.97. The van der Waals surface area contributed by atoms with E-state index in [1.807, 2.05) is 53.3 Å². The first-order valence-corrected chi connectivity index (χ1v) is 9.35. The summed E-state index contributed by atoms with van der Waals surface area (Å²) in [4.78, 5) is 4.27. The molecule has 0 spiro atoms. The molecule has 3 rings (SSSR count). The van der Waals surface area contributed by atoms with Gasteiger partial charge in [-0.2, -0.15) is 5.10 Å². The zero-order valence-electron chi connectivity index (χ0n) is 15.4. The molecule has 27 heavy (non-hydrogen) atoms. The van der Waals surface area contributed by atoms with Crippen molar-refractivity contribution >= 4 is 17.6 Å². The molecular formula is C21H24ClN5. The quantitative estimate of drug-likeness (QED) is 0.486. The van der Waals surface area contributed by atoms with Crippen LogP contribution in [0.4, 0.5) is 0 Å². The predicted octanol–water partition coefficient (Wildman–Crippen LogP) is 3.49. The summed E-state index contributed by atoms with van der Waals surface area (Å²) >= 11 is 5.91. The Hall–Kier alpha value is -2.79. The number of nitrogens with zero attached hydrogens (tertiary/aromatic N) is 3. The van der Waals surface area contributed by atoms with Crippen molar-refractivity contribution in [3.05, 3.63) is 88.7 Å². The van der Waals surface area contributed by atoms with Crippen molar-refractivity contribution in [3.8, 4) is 0 Å². The van der Waals surface area contributed by atoms with Gasteiger partial charge in [-0.1, -0.05) is 54.1 Å². The number of guanidine groups is 1. The molecule has 1 aromatic heterocycles. The molecule has 0 amide bonds. The second-order valence-corrected chi connectivity index (χ2v) is 6.70. The molecule has 2 aromatic carbocycles. The SMILES string of the molecule is CN=C(NCCc1ccc(Cl)cc1)NCc1cnn(Cc2ccccc2)c1. The Morgan fingerprint density at radius 1 is 1.00 bits per heavy atom. The summed E-state index contributed by atoms with van der Waals surface area (Å²) in [6.45, 7) is 2.25. The normalized spacial score (nSPS) is 11.4. The highest BCUT2D eigenvalue weighted by Gasteiger charge is 2.02. The number of benzene rings is 2. The van der Waals surface area contributed by atoms with Crippen LogP contribution in [0.1, 0.15) is 16.7 Å². The fraction of sp³-hybridized carbons (Fsp3) is 0.238. The van der Waals surface area contributed by atoms with E-state index in [4.69, 9.17) is 11.6 Å². The summed E-state index contributed by atoms with van der Waals surface area (Å²) in [5.41, 5.74) is 3.59. The van der Waals surface area contributed by atoms with Gasteiger partial charge in [-0.25, -0.2) is 0 Å². The van der Waals surface area contributed by atoms with E-state index in [0.717, 1.165) is 36.1 Å². The molecule has 1 heterocycles. The molecule has 2 N–H and O–H groups in total. The number of hydrogen-bond acceptors (Lipinski definition) is 2. The molecule has 0 bridgehead atoms. The standard InChI is InChI=1S/C21H24ClN5/c1-23-21(24-12-11-17-7-9-20(22)10-8-17)25-13-19-14-26-27(16-19)15-18-5-3-2-4-6-18/h2-10,14,16H,11-13,15H2,1H3,(H2,23,24,25). The first-order chi connectivity index (χ1) is 13.2. The zero-order valence-corrected chi connectivity index (χ0v) is 16.2. The fourth-order valence-electron chi connectivity index (χ4n) is 2.74. The Bertz CT molecular complexity index is 856. The van der Waals surface area contributed by atoms with Crippen molar-refractivity contribution < 1.29 is 0 Å². The second kappa shape index (κ2) is 9.78. The van der Waals surface area contributed by atoms with E-state index < -0.39 is 0 Å². The van der Waals surface area contributed by atoms with Gasteiger partial charge in [-0.15, -0.1) is 0 Å². The van der Waals surface area contributed by atoms with Gasteiger partial charge in [0.15, 0.2) is 5.96 Å². The largest absolute Gasteiger partial charge is 0.356 e. The summed E-state index contributed by atoms with van der Waals surface area (Å²) in [6.07, 6.45) is 4.85. The minimum Gasteiger partial charge on any atom is -0.356 e. The van der Waals surface area contributed by atoms with E-state index >= 15 is 0 Å². The number of aliphatic imine (C=N–C) groups is 1. The third kappa shape index (κ3) is 6.15. The smallest absolute Gasteiger partial charge is 0.191 e. The van der Waals surface area contributed by atoms with Crippen LogP contribution in [0.3, 0.4) is 0 Å². The molecular weight excluding hydrogens is 358 g/mol. The lowest BCUT2D eigenvalue weighted by Crippen LogP contribution is -2.37. The van der Waals surface area contributed by atoms with Crippen LogP contribution in [0.5, 0.6) is 0 Å². The monoisotopic (exact) mass is 381 g/mol. The molecule has 0 saturated heterocycles. The topological polar surface area (TPSA) is 54.2 Å². The van der Waals surface area contributed by atoms with Gasteiger partial charge in [-0.3, -0.25) is 9.67 Å². The van der Waals surface area contributed by atoms with E-state index in [0.29, 0.717) is 6.54 Å². The van der Waals surface area contributed by atoms with Gasteiger partial charge in [0.05, 0.1) is 12.7 Å². The van der Waals surface area contributed by atoms with Crippen LogP contribution in [0, 0.1) is 0 Å². The zero-order chi connectivity index (χ0) is 18.9. The van der Waals surface area contributed by atoms with E-state index in [9.17, 15) is 0 Å². The Morgan fingerprint density at radius 3 is 2.52 bits per heavy atom. The molecule has 0 aliphatic rings. The second-order valence-electron chi connectivity index (χ2n) is 6.26. The molecule has 0 fully saturated rings. The van der Waals surface area contributed by atoms with E-state index in [1.54, 1.807) is 7.05 Å².